The predicted molar refractivity (Wildman–Crippen MR) is 173 cm³/mol. The fourth-order valence-corrected chi connectivity index (χ4v) is 9.28. The molecule has 3 aliphatic carbocycles. The predicted octanol–water partition coefficient (Wildman–Crippen LogP) is 9.13. The minimum absolute atomic E-state index is 0.496. The van der Waals surface area contributed by atoms with Crippen LogP contribution in [0.2, 0.25) is 0 Å². The van der Waals surface area contributed by atoms with Gasteiger partial charge >= 0.3 is 0 Å². The van der Waals surface area contributed by atoms with Crippen LogP contribution in [0.5, 0.6) is 0 Å². The molecule has 3 heteroatoms. The highest BCUT2D eigenvalue weighted by Gasteiger charge is 2.55. The molecule has 0 heterocycles. The van der Waals surface area contributed by atoms with Crippen LogP contribution in [0, 0.1) is 40.9 Å². The number of likely N-dealkylation sites (N-methyl/N-ethyl adjacent to an activating group) is 1. The second-order valence-corrected chi connectivity index (χ2v) is 15.2. The van der Waals surface area contributed by atoms with Crippen LogP contribution in [0.4, 0.5) is 0 Å². The number of nitrogens with zero attached hydrogens (tertiary/aromatic N) is 3. The van der Waals surface area contributed by atoms with Gasteiger partial charge in [0.15, 0.2) is 0 Å². The fraction of sp³-hybridized carbons (Fsp3) is 0.917. The molecule has 3 fully saturated rings. The van der Waals surface area contributed by atoms with E-state index in [0.717, 1.165) is 55.1 Å². The van der Waals surface area contributed by atoms with E-state index in [0.29, 0.717) is 23.5 Å². The van der Waals surface area contributed by atoms with Crippen molar-refractivity contribution in [3.05, 3.63) is 12.7 Å². The molecule has 0 aliphatic heterocycles. The van der Waals surface area contributed by atoms with E-state index < -0.39 is 0 Å². The van der Waals surface area contributed by atoms with Crippen molar-refractivity contribution in [2.45, 2.75) is 144 Å². The number of hydrogen-bond acceptors (Lipinski definition) is 3. The zero-order chi connectivity index (χ0) is 28.7. The van der Waals surface area contributed by atoms with Crippen molar-refractivity contribution in [3.8, 4) is 0 Å². The highest BCUT2D eigenvalue weighted by atomic mass is 15.2. The molecule has 0 N–H and O–H groups in total. The Labute approximate surface area is 244 Å². The van der Waals surface area contributed by atoms with E-state index in [-0.39, 0.29) is 0 Å². The van der Waals surface area contributed by atoms with Crippen LogP contribution in [0.25, 0.3) is 0 Å². The molecular weight excluding hydrogens is 474 g/mol. The molecule has 0 bridgehead atoms. The monoisotopic (exact) mass is 542 g/mol. The number of rotatable bonds is 15. The minimum atomic E-state index is 0.496. The first kappa shape index (κ1) is 32.8. The fourth-order valence-electron chi connectivity index (χ4n) is 9.28. The van der Waals surface area contributed by atoms with Crippen LogP contribution in [0.1, 0.15) is 126 Å². The largest absolute Gasteiger partial charge is 0.303 e. The van der Waals surface area contributed by atoms with Crippen LogP contribution in [0.3, 0.4) is 0 Å². The second kappa shape index (κ2) is 15.0. The third kappa shape index (κ3) is 8.43. The summed E-state index contributed by atoms with van der Waals surface area (Å²) in [6, 6.07) is 1.78. The SMILES string of the molecule is C=CCC[C@H](C)C[C@H]1CC[C@@H]2[C@H](CC[C@]3(C)[C@@H](C(C)=NCCC(C)N(CCN(C)C(C)C)C(C)C)CC[C@@H]23)C1. The summed E-state index contributed by atoms with van der Waals surface area (Å²) in [4.78, 5) is 10.4. The third-order valence-corrected chi connectivity index (χ3v) is 12.0. The number of hydrogen-bond donors (Lipinski definition) is 0. The Morgan fingerprint density at radius 1 is 0.974 bits per heavy atom. The Balaban J connectivity index is 1.52. The van der Waals surface area contributed by atoms with Crippen LogP contribution in [-0.2, 0) is 0 Å². The molecule has 0 saturated heterocycles. The lowest BCUT2D eigenvalue weighted by molar-refractivity contribution is -0.0120. The molecule has 0 aromatic rings. The van der Waals surface area contributed by atoms with Crippen molar-refractivity contribution in [1.82, 2.24) is 9.80 Å². The summed E-state index contributed by atoms with van der Waals surface area (Å²) < 4.78 is 0. The van der Waals surface area contributed by atoms with Crippen molar-refractivity contribution < 1.29 is 0 Å². The van der Waals surface area contributed by atoms with E-state index >= 15 is 0 Å². The van der Waals surface area contributed by atoms with Gasteiger partial charge in [-0.25, -0.2) is 0 Å². The zero-order valence-corrected chi connectivity index (χ0v) is 27.7. The summed E-state index contributed by atoms with van der Waals surface area (Å²) >= 11 is 0. The molecule has 0 aromatic carbocycles. The van der Waals surface area contributed by atoms with Gasteiger partial charge in [0.05, 0.1) is 0 Å². The Bertz CT molecular complexity index is 771. The van der Waals surface area contributed by atoms with Gasteiger partial charge in [0, 0.05) is 49.4 Å². The van der Waals surface area contributed by atoms with Crippen molar-refractivity contribution in [2.75, 3.05) is 26.7 Å². The van der Waals surface area contributed by atoms with Crippen molar-refractivity contribution in [1.29, 1.82) is 0 Å². The molecule has 0 radical (unpaired) electrons. The summed E-state index contributed by atoms with van der Waals surface area (Å²) in [5.74, 6) is 5.50. The Hall–Kier alpha value is -0.670. The summed E-state index contributed by atoms with van der Waals surface area (Å²) in [5, 5.41) is 0. The van der Waals surface area contributed by atoms with E-state index in [9.17, 15) is 0 Å². The normalized spacial score (nSPS) is 33.1. The molecule has 3 nitrogen and oxygen atoms in total. The highest BCUT2D eigenvalue weighted by Crippen LogP contribution is 2.62. The molecule has 3 aliphatic rings. The first-order valence-corrected chi connectivity index (χ1v) is 17.1. The van der Waals surface area contributed by atoms with E-state index in [1.165, 1.54) is 76.3 Å². The van der Waals surface area contributed by atoms with Gasteiger partial charge in [-0.2, -0.15) is 0 Å². The summed E-state index contributed by atoms with van der Waals surface area (Å²) in [6.07, 6.45) is 17.5. The van der Waals surface area contributed by atoms with Gasteiger partial charge in [-0.3, -0.25) is 9.89 Å². The quantitative estimate of drug-likeness (QED) is 0.152. The van der Waals surface area contributed by atoms with Crippen molar-refractivity contribution in [3.63, 3.8) is 0 Å². The third-order valence-electron chi connectivity index (χ3n) is 12.0. The molecule has 3 saturated carbocycles. The Morgan fingerprint density at radius 2 is 1.72 bits per heavy atom. The Morgan fingerprint density at radius 3 is 2.38 bits per heavy atom. The van der Waals surface area contributed by atoms with Crippen LogP contribution in [-0.4, -0.2) is 60.3 Å². The number of fused-ring (bicyclic) bond motifs is 3. The van der Waals surface area contributed by atoms with E-state index in [4.69, 9.17) is 4.99 Å². The molecule has 1 unspecified atom stereocenters. The van der Waals surface area contributed by atoms with Crippen LogP contribution < -0.4 is 0 Å². The first-order valence-electron chi connectivity index (χ1n) is 17.1. The lowest BCUT2D eigenvalue weighted by Gasteiger charge is -2.52. The molecule has 8 atom stereocenters. The molecule has 3 rings (SSSR count). The molecular formula is C36H67N3. The van der Waals surface area contributed by atoms with Gasteiger partial charge in [-0.15, -0.1) is 6.58 Å². The van der Waals surface area contributed by atoms with Gasteiger partial charge in [-0.1, -0.05) is 26.3 Å². The first-order chi connectivity index (χ1) is 18.5. The summed E-state index contributed by atoms with van der Waals surface area (Å²) in [5.41, 5.74) is 1.97. The maximum atomic E-state index is 5.29. The Kier molecular flexibility index (Phi) is 12.6. The lowest BCUT2D eigenvalue weighted by Crippen LogP contribution is -2.45. The van der Waals surface area contributed by atoms with Crippen LogP contribution in [0.15, 0.2) is 17.6 Å². The van der Waals surface area contributed by atoms with Gasteiger partial charge in [0.2, 0.25) is 0 Å². The molecule has 0 spiro atoms. The number of allylic oxidation sites excluding steroid dienone is 1. The van der Waals surface area contributed by atoms with Crippen molar-refractivity contribution in [2.24, 2.45) is 45.9 Å². The topological polar surface area (TPSA) is 18.8 Å². The lowest BCUT2D eigenvalue weighted by atomic mass is 9.53. The van der Waals surface area contributed by atoms with E-state index in [1.807, 2.05) is 0 Å². The van der Waals surface area contributed by atoms with Gasteiger partial charge in [0.1, 0.15) is 0 Å². The maximum Gasteiger partial charge on any atom is 0.0403 e. The van der Waals surface area contributed by atoms with E-state index in [2.05, 4.69) is 84.9 Å². The van der Waals surface area contributed by atoms with Gasteiger partial charge in [-0.05, 0) is 148 Å². The van der Waals surface area contributed by atoms with E-state index in [1.54, 1.807) is 0 Å². The smallest absolute Gasteiger partial charge is 0.0403 e. The average Bonchev–Trinajstić information content (AvgIpc) is 3.24. The minimum Gasteiger partial charge on any atom is -0.303 e. The molecule has 226 valence electrons. The second-order valence-electron chi connectivity index (χ2n) is 15.2. The summed E-state index contributed by atoms with van der Waals surface area (Å²) in [6.45, 7) is 26.5. The molecule has 0 amide bonds. The standard InChI is InChI=1S/C36H67N3/c1-11-12-13-28(6)24-31-14-15-33-32(25-31)18-20-36(9)34(16-17-35(33)36)30(8)37-21-19-29(7)39(27(4)5)23-22-38(10)26(2)3/h11,26-29,31-35H,1,12-25H2,2-10H3/t28-,29?,31+,32+,33+,34+,35-,36+/m0/s1. The number of aliphatic imine (C=N–C) groups is 1. The highest BCUT2D eigenvalue weighted by molar-refractivity contribution is 5.85. The average molecular weight is 542 g/mol. The summed E-state index contributed by atoms with van der Waals surface area (Å²) in [7, 11) is 2.25. The zero-order valence-electron chi connectivity index (χ0n) is 27.7. The maximum absolute atomic E-state index is 5.29. The van der Waals surface area contributed by atoms with Gasteiger partial charge < -0.3 is 4.90 Å². The van der Waals surface area contributed by atoms with Gasteiger partial charge in [0.25, 0.3) is 0 Å². The van der Waals surface area contributed by atoms with Crippen molar-refractivity contribution >= 4 is 5.71 Å². The molecule has 0 aromatic heterocycles. The molecule has 39 heavy (non-hydrogen) atoms. The van der Waals surface area contributed by atoms with Crippen LogP contribution >= 0.6 is 0 Å².